The minimum Gasteiger partial charge on any atom is -0.456 e. The number of nitrogens with zero attached hydrogens (tertiary/aromatic N) is 2. The molecule has 0 aliphatic carbocycles. The molecule has 12 rings (SSSR count). The fourth-order valence-corrected chi connectivity index (χ4v) is 8.97. The molecule has 270 valence electrons. The van der Waals surface area contributed by atoms with Gasteiger partial charge in [-0.15, -0.1) is 0 Å². The zero-order valence-electron chi connectivity index (χ0n) is 36.0. The highest BCUT2D eigenvalue weighted by Crippen LogP contribution is 2.48. The Morgan fingerprint density at radius 2 is 1.09 bits per heavy atom. The van der Waals surface area contributed by atoms with E-state index in [0.29, 0.717) is 5.56 Å². The van der Waals surface area contributed by atoms with Gasteiger partial charge in [0.25, 0.3) is 0 Å². The summed E-state index contributed by atoms with van der Waals surface area (Å²) in [5, 5.41) is 8.18. The van der Waals surface area contributed by atoms with E-state index in [1.807, 2.05) is 54.6 Å². The van der Waals surface area contributed by atoms with Crippen molar-refractivity contribution in [2.24, 2.45) is 0 Å². The van der Waals surface area contributed by atoms with Crippen molar-refractivity contribution in [3.8, 4) is 50.5 Å². The molecule has 0 N–H and O–H groups in total. The second-order valence-corrected chi connectivity index (χ2v) is 14.7. The Hall–Kier alpha value is -7.75. The van der Waals surface area contributed by atoms with Crippen molar-refractivity contribution in [2.45, 2.75) is 0 Å². The summed E-state index contributed by atoms with van der Waals surface area (Å²) in [5.41, 5.74) is 10.2. The van der Waals surface area contributed by atoms with Crippen LogP contribution in [0.2, 0.25) is 0 Å². The highest BCUT2D eigenvalue weighted by molar-refractivity contribution is 6.26. The fraction of sp³-hybridized carbons (Fsp3) is 0. The van der Waals surface area contributed by atoms with Gasteiger partial charge in [0.2, 0.25) is 0 Å². The highest BCUT2D eigenvalue weighted by atomic mass is 16.3. The molecule has 0 bridgehead atoms. The van der Waals surface area contributed by atoms with Crippen LogP contribution in [0.4, 0.5) is 0 Å². The molecule has 2 heterocycles. The van der Waals surface area contributed by atoms with Gasteiger partial charge >= 0.3 is 0 Å². The molecule has 10 aromatic carbocycles. The first-order valence-corrected chi connectivity index (χ1v) is 19.4. The molecule has 0 amide bonds. The SMILES string of the molecule is [2H]c1c([2H])c([2H])c(-c2ccc3c(-c4ccc(-c5nc6ccccc6n5-c5cccc6ccccc56)cc4)c4ccccc4c(-c4cccc5oc6ccccc6c45)c3c2)c([2H])c1[2H]. The van der Waals surface area contributed by atoms with E-state index in [0.717, 1.165) is 105 Å². The Morgan fingerprint density at radius 3 is 1.95 bits per heavy atom. The molecule has 0 aliphatic heterocycles. The van der Waals surface area contributed by atoms with Crippen LogP contribution in [0.15, 0.2) is 211 Å². The van der Waals surface area contributed by atoms with Crippen molar-refractivity contribution >= 4 is 65.3 Å². The minimum absolute atomic E-state index is 0.161. The van der Waals surface area contributed by atoms with Gasteiger partial charge in [-0.1, -0.05) is 170 Å². The Labute approximate surface area is 341 Å². The molecule has 0 radical (unpaired) electrons. The van der Waals surface area contributed by atoms with Crippen LogP contribution in [0.3, 0.4) is 0 Å². The summed E-state index contributed by atoms with van der Waals surface area (Å²) < 4.78 is 51.8. The normalized spacial score (nSPS) is 13.0. The molecule has 0 aliphatic rings. The first-order valence-electron chi connectivity index (χ1n) is 21.9. The van der Waals surface area contributed by atoms with Crippen LogP contribution >= 0.6 is 0 Å². The monoisotopic (exact) mass is 743 g/mol. The maximum Gasteiger partial charge on any atom is 0.145 e. The molecule has 12 aromatic rings. The van der Waals surface area contributed by atoms with Crippen molar-refractivity contribution in [3.05, 3.63) is 206 Å². The standard InChI is InChI=1S/C55H34N2O/c1-2-14-35(15-3-1)39-32-33-43-46(34-39)53(45-22-13-27-51-54(45)44-21-8-11-26-50(44)58-51)42-20-7-6-19-41(42)52(43)37-28-30-38(31-29-37)55-56-47-23-9-10-24-49(47)57(55)48-25-12-17-36-16-4-5-18-40(36)48/h1-34H/i1D,2D,3D,14D,15D. The van der Waals surface area contributed by atoms with Crippen molar-refractivity contribution < 1.29 is 11.3 Å². The summed E-state index contributed by atoms with van der Waals surface area (Å²) in [6.45, 7) is 0. The molecular formula is C55H34N2O. The third kappa shape index (κ3) is 4.97. The maximum absolute atomic E-state index is 8.93. The van der Waals surface area contributed by atoms with Crippen LogP contribution in [0, 0.1) is 0 Å². The molecule has 3 nitrogen and oxygen atoms in total. The van der Waals surface area contributed by atoms with Crippen molar-refractivity contribution in [1.29, 1.82) is 0 Å². The minimum atomic E-state index is -0.418. The lowest BCUT2D eigenvalue weighted by molar-refractivity contribution is 0.669. The van der Waals surface area contributed by atoms with Crippen molar-refractivity contribution in [3.63, 3.8) is 0 Å². The third-order valence-corrected chi connectivity index (χ3v) is 11.5. The number of furan rings is 1. The average molecular weight is 744 g/mol. The lowest BCUT2D eigenvalue weighted by Gasteiger charge is -2.19. The number of aromatic nitrogens is 2. The lowest BCUT2D eigenvalue weighted by atomic mass is 9.84. The van der Waals surface area contributed by atoms with Gasteiger partial charge in [0.15, 0.2) is 0 Å². The summed E-state index contributed by atoms with van der Waals surface area (Å²) in [6, 6.07) is 58.6. The van der Waals surface area contributed by atoms with Crippen LogP contribution in [-0.4, -0.2) is 9.55 Å². The van der Waals surface area contributed by atoms with Crippen LogP contribution in [0.5, 0.6) is 0 Å². The predicted octanol–water partition coefficient (Wildman–Crippen LogP) is 15.1. The molecule has 0 saturated heterocycles. The topological polar surface area (TPSA) is 31.0 Å². The number of rotatable bonds is 5. The average Bonchev–Trinajstić information content (AvgIpc) is 3.91. The summed E-state index contributed by atoms with van der Waals surface area (Å²) >= 11 is 0. The van der Waals surface area contributed by atoms with Gasteiger partial charge in [0.05, 0.1) is 23.6 Å². The van der Waals surface area contributed by atoms with Gasteiger partial charge < -0.3 is 4.42 Å². The van der Waals surface area contributed by atoms with E-state index in [2.05, 4.69) is 126 Å². The zero-order valence-corrected chi connectivity index (χ0v) is 31.0. The predicted molar refractivity (Wildman–Crippen MR) is 243 cm³/mol. The quantitative estimate of drug-likeness (QED) is 0.164. The van der Waals surface area contributed by atoms with Gasteiger partial charge in [-0.05, 0) is 96.7 Å². The summed E-state index contributed by atoms with van der Waals surface area (Å²) in [5.74, 6) is 0.841. The summed E-state index contributed by atoms with van der Waals surface area (Å²) in [4.78, 5) is 5.21. The second-order valence-electron chi connectivity index (χ2n) is 14.7. The molecule has 3 heteroatoms. The second kappa shape index (κ2) is 12.9. The van der Waals surface area contributed by atoms with Crippen molar-refractivity contribution in [2.75, 3.05) is 0 Å². The van der Waals surface area contributed by atoms with Gasteiger partial charge in [-0.3, -0.25) is 4.57 Å². The number of hydrogen-bond acceptors (Lipinski definition) is 2. The molecule has 0 fully saturated rings. The van der Waals surface area contributed by atoms with E-state index in [4.69, 9.17) is 16.3 Å². The lowest BCUT2D eigenvalue weighted by Crippen LogP contribution is -1.99. The van der Waals surface area contributed by atoms with Crippen LogP contribution < -0.4 is 0 Å². The molecule has 0 atom stereocenters. The largest absolute Gasteiger partial charge is 0.456 e. The van der Waals surface area contributed by atoms with E-state index in [1.54, 1.807) is 0 Å². The molecule has 0 unspecified atom stereocenters. The Morgan fingerprint density at radius 1 is 0.448 bits per heavy atom. The Bertz CT molecular complexity index is 3830. The van der Waals surface area contributed by atoms with Gasteiger partial charge in [0.1, 0.15) is 17.0 Å². The van der Waals surface area contributed by atoms with E-state index in [1.165, 1.54) is 0 Å². The maximum atomic E-state index is 8.93. The van der Waals surface area contributed by atoms with E-state index in [-0.39, 0.29) is 29.7 Å². The molecule has 0 spiro atoms. The number of hydrogen-bond donors (Lipinski definition) is 0. The van der Waals surface area contributed by atoms with E-state index in [9.17, 15) is 0 Å². The van der Waals surface area contributed by atoms with Crippen molar-refractivity contribution in [1.82, 2.24) is 9.55 Å². The fourth-order valence-electron chi connectivity index (χ4n) is 8.97. The number of fused-ring (bicyclic) bond motifs is 7. The summed E-state index contributed by atoms with van der Waals surface area (Å²) in [7, 11) is 0. The number of imidazole rings is 1. The van der Waals surface area contributed by atoms with Gasteiger partial charge in [-0.2, -0.15) is 0 Å². The van der Waals surface area contributed by atoms with E-state index < -0.39 is 6.04 Å². The smallest absolute Gasteiger partial charge is 0.145 e. The molecular weight excluding hydrogens is 705 g/mol. The first kappa shape index (κ1) is 27.8. The molecule has 2 aromatic heterocycles. The summed E-state index contributed by atoms with van der Waals surface area (Å²) in [6.07, 6.45) is 0. The first-order chi connectivity index (χ1) is 30.9. The van der Waals surface area contributed by atoms with Crippen LogP contribution in [0.1, 0.15) is 6.85 Å². The van der Waals surface area contributed by atoms with Gasteiger partial charge in [0, 0.05) is 21.7 Å². The number of para-hydroxylation sites is 3. The Kier molecular flexibility index (Phi) is 6.18. The van der Waals surface area contributed by atoms with Gasteiger partial charge in [-0.25, -0.2) is 4.98 Å². The third-order valence-electron chi connectivity index (χ3n) is 11.5. The number of benzene rings is 10. The molecule has 0 saturated carbocycles. The zero-order chi connectivity index (χ0) is 42.5. The van der Waals surface area contributed by atoms with Crippen LogP contribution in [0.25, 0.3) is 116 Å². The van der Waals surface area contributed by atoms with Crippen LogP contribution in [-0.2, 0) is 0 Å². The highest BCUT2D eigenvalue weighted by Gasteiger charge is 2.22. The molecule has 58 heavy (non-hydrogen) atoms. The van der Waals surface area contributed by atoms with E-state index >= 15 is 0 Å². The Balaban J connectivity index is 1.13.